The van der Waals surface area contributed by atoms with Crippen LogP contribution in [0, 0.1) is 11.3 Å². The van der Waals surface area contributed by atoms with Gasteiger partial charge in [0.05, 0.1) is 12.7 Å². The van der Waals surface area contributed by atoms with Gasteiger partial charge in [-0.15, -0.1) is 0 Å². The van der Waals surface area contributed by atoms with Gasteiger partial charge in [-0.3, -0.25) is 0 Å². The van der Waals surface area contributed by atoms with Crippen LogP contribution in [-0.2, 0) is 9.53 Å². The highest BCUT2D eigenvalue weighted by Crippen LogP contribution is 1.98. The molecule has 10 heavy (non-hydrogen) atoms. The molecule has 0 aliphatic carbocycles. The Kier molecular flexibility index (Phi) is 2.84. The Morgan fingerprint density at radius 1 is 1.90 bits per heavy atom. The smallest absolute Gasteiger partial charge is 0.340 e. The summed E-state index contributed by atoms with van der Waals surface area (Å²) in [6, 6.07) is 1.63. The molecule has 0 aromatic carbocycles. The molecule has 56 valence electrons. The second-order valence-electron chi connectivity index (χ2n) is 2.03. The van der Waals surface area contributed by atoms with Gasteiger partial charge in [-0.1, -0.05) is 0 Å². The van der Waals surface area contributed by atoms with Crippen molar-refractivity contribution in [2.24, 2.45) is 5.73 Å². The van der Waals surface area contributed by atoms with Gasteiger partial charge in [0.1, 0.15) is 0 Å². The summed E-state index contributed by atoms with van der Waals surface area (Å²) in [6.45, 7) is 3.21. The number of nitrogens with two attached hydrogens (primary N) is 1. The molecular weight excluding hydrogens is 132 g/mol. The minimum absolute atomic E-state index is 0.243. The van der Waals surface area contributed by atoms with Gasteiger partial charge in [-0.2, -0.15) is 5.26 Å². The number of nitrogens with zero attached hydrogens (tertiary/aromatic N) is 1. The lowest BCUT2D eigenvalue weighted by Gasteiger charge is -2.12. The first-order valence-corrected chi connectivity index (χ1v) is 2.92. The molecule has 0 saturated carbocycles. The van der Waals surface area contributed by atoms with E-state index in [0.717, 1.165) is 0 Å². The van der Waals surface area contributed by atoms with Crippen LogP contribution in [0.2, 0.25) is 0 Å². The number of esters is 1. The molecule has 0 heterocycles. The van der Waals surface area contributed by atoms with Crippen molar-refractivity contribution in [1.29, 1.82) is 5.26 Å². The number of hydrogen-bond donors (Lipinski definition) is 1. The molecule has 0 spiro atoms. The Morgan fingerprint density at radius 2 is 2.40 bits per heavy atom. The molecule has 4 nitrogen and oxygen atoms in total. The van der Waals surface area contributed by atoms with Gasteiger partial charge >= 0.3 is 5.97 Å². The van der Waals surface area contributed by atoms with E-state index in [2.05, 4.69) is 4.74 Å². The van der Waals surface area contributed by atoms with Crippen molar-refractivity contribution >= 4 is 5.97 Å². The molecule has 0 aliphatic rings. The third-order valence-electron chi connectivity index (χ3n) is 0.932. The molecule has 0 saturated heterocycles. The van der Waals surface area contributed by atoms with Crippen molar-refractivity contribution in [2.75, 3.05) is 6.61 Å². The van der Waals surface area contributed by atoms with Crippen molar-refractivity contribution in [3.63, 3.8) is 0 Å². The number of ether oxygens (including phenoxy) is 1. The number of carbonyl (C=O) groups is 1. The van der Waals surface area contributed by atoms with Crippen LogP contribution in [0.15, 0.2) is 0 Å². The van der Waals surface area contributed by atoms with Gasteiger partial charge in [0.15, 0.2) is 5.54 Å². The van der Waals surface area contributed by atoms with Gasteiger partial charge in [0.2, 0.25) is 0 Å². The Balaban J connectivity index is 4.09. The summed E-state index contributed by atoms with van der Waals surface area (Å²) >= 11 is 0. The number of carbonyl (C=O) groups excluding carboxylic acids is 1. The SMILES string of the molecule is CCOC(=O)C(C)(N)C#N. The van der Waals surface area contributed by atoms with Crippen LogP contribution in [0.25, 0.3) is 0 Å². The van der Waals surface area contributed by atoms with E-state index in [0.29, 0.717) is 0 Å². The molecular formula is C6H10N2O2. The normalized spacial score (nSPS) is 15.0. The van der Waals surface area contributed by atoms with E-state index in [1.807, 2.05) is 0 Å². The lowest BCUT2D eigenvalue weighted by atomic mass is 10.1. The van der Waals surface area contributed by atoms with E-state index < -0.39 is 11.5 Å². The van der Waals surface area contributed by atoms with E-state index in [1.54, 1.807) is 13.0 Å². The second-order valence-corrected chi connectivity index (χ2v) is 2.03. The number of hydrogen-bond acceptors (Lipinski definition) is 4. The fraction of sp³-hybridized carbons (Fsp3) is 0.667. The van der Waals surface area contributed by atoms with E-state index >= 15 is 0 Å². The first kappa shape index (κ1) is 8.92. The average molecular weight is 142 g/mol. The fourth-order valence-electron chi connectivity index (χ4n) is 0.327. The van der Waals surface area contributed by atoms with Gasteiger partial charge in [0.25, 0.3) is 0 Å². The summed E-state index contributed by atoms with van der Waals surface area (Å²) in [6.07, 6.45) is 0. The first-order chi connectivity index (χ1) is 4.54. The summed E-state index contributed by atoms with van der Waals surface area (Å²) in [7, 11) is 0. The molecule has 2 N–H and O–H groups in total. The molecule has 0 radical (unpaired) electrons. The highest BCUT2D eigenvalue weighted by molar-refractivity contribution is 5.83. The summed E-state index contributed by atoms with van der Waals surface area (Å²) in [5, 5.41) is 8.32. The molecule has 1 unspecified atom stereocenters. The van der Waals surface area contributed by atoms with E-state index in [-0.39, 0.29) is 6.61 Å². The van der Waals surface area contributed by atoms with Crippen LogP contribution in [0.4, 0.5) is 0 Å². The molecule has 0 aromatic heterocycles. The predicted molar refractivity (Wildman–Crippen MR) is 34.8 cm³/mol. The summed E-state index contributed by atoms with van der Waals surface area (Å²) in [5.74, 6) is -0.683. The molecule has 0 rings (SSSR count). The molecule has 1 atom stereocenters. The number of nitriles is 1. The average Bonchev–Trinajstić information content (AvgIpc) is 1.89. The monoisotopic (exact) mass is 142 g/mol. The van der Waals surface area contributed by atoms with E-state index in [9.17, 15) is 4.79 Å². The Morgan fingerprint density at radius 3 is 2.70 bits per heavy atom. The maximum absolute atomic E-state index is 10.7. The van der Waals surface area contributed by atoms with Crippen LogP contribution >= 0.6 is 0 Å². The van der Waals surface area contributed by atoms with Crippen molar-refractivity contribution in [1.82, 2.24) is 0 Å². The van der Waals surface area contributed by atoms with Gasteiger partial charge in [0, 0.05) is 0 Å². The van der Waals surface area contributed by atoms with Crippen LogP contribution in [0.3, 0.4) is 0 Å². The van der Waals surface area contributed by atoms with Gasteiger partial charge in [-0.05, 0) is 13.8 Å². The minimum atomic E-state index is -1.50. The first-order valence-electron chi connectivity index (χ1n) is 2.92. The van der Waals surface area contributed by atoms with Crippen LogP contribution in [-0.4, -0.2) is 18.1 Å². The molecule has 0 amide bonds. The number of rotatable bonds is 2. The van der Waals surface area contributed by atoms with Gasteiger partial charge < -0.3 is 10.5 Å². The highest BCUT2D eigenvalue weighted by Gasteiger charge is 2.29. The largest absolute Gasteiger partial charge is 0.464 e. The standard InChI is InChI=1S/C6H10N2O2/c1-3-10-5(9)6(2,8)4-7/h3,8H2,1-2H3. The van der Waals surface area contributed by atoms with E-state index in [1.165, 1.54) is 6.92 Å². The molecule has 0 fully saturated rings. The zero-order valence-corrected chi connectivity index (χ0v) is 6.05. The van der Waals surface area contributed by atoms with Crippen molar-refractivity contribution in [3.05, 3.63) is 0 Å². The molecule has 0 aromatic rings. The summed E-state index contributed by atoms with van der Waals surface area (Å²) in [4.78, 5) is 10.7. The van der Waals surface area contributed by atoms with Crippen molar-refractivity contribution < 1.29 is 9.53 Å². The molecule has 4 heteroatoms. The zero-order chi connectivity index (χ0) is 8.20. The Hall–Kier alpha value is -1.08. The van der Waals surface area contributed by atoms with Gasteiger partial charge in [-0.25, -0.2) is 4.79 Å². The predicted octanol–water partition coefficient (Wildman–Crippen LogP) is -0.210. The molecule has 0 aliphatic heterocycles. The molecule has 0 bridgehead atoms. The van der Waals surface area contributed by atoms with Crippen LogP contribution < -0.4 is 5.73 Å². The highest BCUT2D eigenvalue weighted by atomic mass is 16.5. The maximum Gasteiger partial charge on any atom is 0.340 e. The zero-order valence-electron chi connectivity index (χ0n) is 6.05. The topological polar surface area (TPSA) is 76.1 Å². The third-order valence-corrected chi connectivity index (χ3v) is 0.932. The van der Waals surface area contributed by atoms with Crippen LogP contribution in [0.1, 0.15) is 13.8 Å². The Bertz CT molecular complexity index is 169. The lowest BCUT2D eigenvalue weighted by Crippen LogP contribution is -2.44. The third kappa shape index (κ3) is 2.03. The quantitative estimate of drug-likeness (QED) is 0.541. The summed E-state index contributed by atoms with van der Waals surface area (Å²) < 4.78 is 4.51. The van der Waals surface area contributed by atoms with Crippen molar-refractivity contribution in [2.45, 2.75) is 19.4 Å². The Labute approximate surface area is 59.6 Å². The second kappa shape index (κ2) is 3.18. The minimum Gasteiger partial charge on any atom is -0.464 e. The summed E-state index contributed by atoms with van der Waals surface area (Å²) in [5.41, 5.74) is 3.71. The van der Waals surface area contributed by atoms with E-state index in [4.69, 9.17) is 11.0 Å². The van der Waals surface area contributed by atoms with Crippen molar-refractivity contribution in [3.8, 4) is 6.07 Å². The maximum atomic E-state index is 10.7. The fourth-order valence-corrected chi connectivity index (χ4v) is 0.327. The van der Waals surface area contributed by atoms with Crippen LogP contribution in [0.5, 0.6) is 0 Å². The lowest BCUT2D eigenvalue weighted by molar-refractivity contribution is -0.146.